The van der Waals surface area contributed by atoms with Crippen LogP contribution in [0.3, 0.4) is 0 Å². The highest BCUT2D eigenvalue weighted by Gasteiger charge is 1.99. The van der Waals surface area contributed by atoms with Gasteiger partial charge in [0.2, 0.25) is 0 Å². The summed E-state index contributed by atoms with van der Waals surface area (Å²) in [5.74, 6) is 0. The molecule has 2 aromatic rings. The number of nitrogens with one attached hydrogen (secondary N) is 1. The Kier molecular flexibility index (Phi) is 3.69. The molecule has 0 unspecified atom stereocenters. The van der Waals surface area contributed by atoms with Crippen molar-refractivity contribution in [2.75, 3.05) is 7.05 Å². The van der Waals surface area contributed by atoms with Gasteiger partial charge in [0.25, 0.3) is 0 Å². The molecular formula is C11H13BrN4. The zero-order valence-corrected chi connectivity index (χ0v) is 10.6. The molecule has 0 amide bonds. The summed E-state index contributed by atoms with van der Waals surface area (Å²) in [6.07, 6.45) is 5.66. The van der Waals surface area contributed by atoms with Crippen molar-refractivity contribution in [1.82, 2.24) is 19.9 Å². The second-order valence-corrected chi connectivity index (χ2v) is 4.45. The van der Waals surface area contributed by atoms with Gasteiger partial charge in [-0.2, -0.15) is 0 Å². The molecule has 0 aliphatic carbocycles. The predicted molar refractivity (Wildman–Crippen MR) is 66.0 cm³/mol. The van der Waals surface area contributed by atoms with Crippen molar-refractivity contribution in [3.05, 3.63) is 46.7 Å². The summed E-state index contributed by atoms with van der Waals surface area (Å²) >= 11 is 3.37. The molecule has 84 valence electrons. The monoisotopic (exact) mass is 280 g/mol. The van der Waals surface area contributed by atoms with Crippen LogP contribution in [0.15, 0.2) is 35.3 Å². The largest absolute Gasteiger partial charge is 0.331 e. The van der Waals surface area contributed by atoms with E-state index in [0.717, 1.165) is 29.0 Å². The van der Waals surface area contributed by atoms with Crippen LogP contribution >= 0.6 is 15.9 Å². The molecule has 1 N–H and O–H groups in total. The molecule has 0 radical (unpaired) electrons. The number of rotatable bonds is 4. The van der Waals surface area contributed by atoms with Crippen molar-refractivity contribution in [3.8, 4) is 0 Å². The lowest BCUT2D eigenvalue weighted by atomic mass is 10.3. The second-order valence-electron chi connectivity index (χ2n) is 3.54. The molecule has 0 spiro atoms. The van der Waals surface area contributed by atoms with E-state index in [1.54, 1.807) is 6.20 Å². The Morgan fingerprint density at radius 2 is 2.19 bits per heavy atom. The molecule has 0 aliphatic rings. The molecule has 0 saturated heterocycles. The van der Waals surface area contributed by atoms with Gasteiger partial charge in [0, 0.05) is 23.4 Å². The average Bonchev–Trinajstić information content (AvgIpc) is 2.70. The summed E-state index contributed by atoms with van der Waals surface area (Å²) in [4.78, 5) is 8.60. The van der Waals surface area contributed by atoms with Gasteiger partial charge in [-0.05, 0) is 35.1 Å². The zero-order chi connectivity index (χ0) is 11.4. The summed E-state index contributed by atoms with van der Waals surface area (Å²) in [5.41, 5.74) is 2.07. The number of halogens is 1. The van der Waals surface area contributed by atoms with Crippen LogP contribution < -0.4 is 5.32 Å². The van der Waals surface area contributed by atoms with E-state index in [1.165, 1.54) is 0 Å². The molecule has 0 saturated carbocycles. The van der Waals surface area contributed by atoms with Crippen LogP contribution in [0, 0.1) is 0 Å². The van der Waals surface area contributed by atoms with Crippen molar-refractivity contribution in [1.29, 1.82) is 0 Å². The highest BCUT2D eigenvalue weighted by atomic mass is 79.9. The van der Waals surface area contributed by atoms with Crippen LogP contribution in [0.2, 0.25) is 0 Å². The Morgan fingerprint density at radius 3 is 2.88 bits per heavy atom. The van der Waals surface area contributed by atoms with Crippen LogP contribution in [0.5, 0.6) is 0 Å². The lowest BCUT2D eigenvalue weighted by Gasteiger charge is -2.01. The summed E-state index contributed by atoms with van der Waals surface area (Å²) in [6.45, 7) is 1.55. The third-order valence-electron chi connectivity index (χ3n) is 2.18. The van der Waals surface area contributed by atoms with Crippen LogP contribution in [-0.2, 0) is 13.1 Å². The van der Waals surface area contributed by atoms with Crippen LogP contribution in [-0.4, -0.2) is 21.6 Å². The van der Waals surface area contributed by atoms with Gasteiger partial charge in [-0.25, -0.2) is 4.98 Å². The first-order chi connectivity index (χ1) is 7.78. The van der Waals surface area contributed by atoms with Crippen molar-refractivity contribution >= 4 is 15.9 Å². The van der Waals surface area contributed by atoms with Crippen molar-refractivity contribution in [2.45, 2.75) is 13.1 Å². The number of hydrogen-bond donors (Lipinski definition) is 1. The van der Waals surface area contributed by atoms with Crippen molar-refractivity contribution in [3.63, 3.8) is 0 Å². The topological polar surface area (TPSA) is 42.7 Å². The van der Waals surface area contributed by atoms with Gasteiger partial charge in [-0.1, -0.05) is 0 Å². The zero-order valence-electron chi connectivity index (χ0n) is 9.02. The Balaban J connectivity index is 2.05. The smallest absolute Gasteiger partial charge is 0.0953 e. The SMILES string of the molecule is CNCc1cn(Cc2ccc(Br)cn2)cn1. The summed E-state index contributed by atoms with van der Waals surface area (Å²) in [7, 11) is 1.91. The minimum atomic E-state index is 0.754. The molecule has 0 atom stereocenters. The minimum absolute atomic E-state index is 0.754. The maximum atomic E-state index is 4.32. The van der Waals surface area contributed by atoms with Gasteiger partial charge >= 0.3 is 0 Å². The molecule has 0 bridgehead atoms. The minimum Gasteiger partial charge on any atom is -0.331 e. The van der Waals surface area contributed by atoms with Gasteiger partial charge in [0.05, 0.1) is 24.3 Å². The standard InChI is InChI=1S/C11H13BrN4/c1-13-5-11-7-16(8-15-11)6-10-3-2-9(12)4-14-10/h2-4,7-8,13H,5-6H2,1H3. The highest BCUT2D eigenvalue weighted by Crippen LogP contribution is 2.08. The van der Waals surface area contributed by atoms with Gasteiger partial charge in [0.1, 0.15) is 0 Å². The molecular weight excluding hydrogens is 268 g/mol. The fraction of sp³-hybridized carbons (Fsp3) is 0.273. The van der Waals surface area contributed by atoms with E-state index < -0.39 is 0 Å². The fourth-order valence-corrected chi connectivity index (χ4v) is 1.69. The number of pyridine rings is 1. The third kappa shape index (κ3) is 2.90. The summed E-state index contributed by atoms with van der Waals surface area (Å²) in [5, 5.41) is 3.07. The molecule has 2 rings (SSSR count). The van der Waals surface area contributed by atoms with E-state index in [4.69, 9.17) is 0 Å². The number of imidazole rings is 1. The molecule has 2 aromatic heterocycles. The van der Waals surface area contributed by atoms with Crippen LogP contribution in [0.1, 0.15) is 11.4 Å². The molecule has 0 aromatic carbocycles. The van der Waals surface area contributed by atoms with Gasteiger partial charge < -0.3 is 9.88 Å². The summed E-state index contributed by atoms with van der Waals surface area (Å²) in [6, 6.07) is 4.00. The number of hydrogen-bond acceptors (Lipinski definition) is 3. The first-order valence-electron chi connectivity index (χ1n) is 5.03. The maximum absolute atomic E-state index is 4.32. The average molecular weight is 281 g/mol. The number of nitrogens with zero attached hydrogens (tertiary/aromatic N) is 3. The first kappa shape index (κ1) is 11.3. The van der Waals surface area contributed by atoms with Crippen LogP contribution in [0.4, 0.5) is 0 Å². The highest BCUT2D eigenvalue weighted by molar-refractivity contribution is 9.10. The molecule has 5 heteroatoms. The normalized spacial score (nSPS) is 10.6. The lowest BCUT2D eigenvalue weighted by Crippen LogP contribution is -2.05. The van der Waals surface area contributed by atoms with E-state index in [9.17, 15) is 0 Å². The first-order valence-corrected chi connectivity index (χ1v) is 5.83. The fourth-order valence-electron chi connectivity index (χ4n) is 1.45. The van der Waals surface area contributed by atoms with Gasteiger partial charge in [-0.3, -0.25) is 4.98 Å². The van der Waals surface area contributed by atoms with Gasteiger partial charge in [-0.15, -0.1) is 0 Å². The third-order valence-corrected chi connectivity index (χ3v) is 2.65. The lowest BCUT2D eigenvalue weighted by molar-refractivity contribution is 0.765. The van der Waals surface area contributed by atoms with E-state index in [-0.39, 0.29) is 0 Å². The van der Waals surface area contributed by atoms with E-state index >= 15 is 0 Å². The Hall–Kier alpha value is -1.20. The van der Waals surface area contributed by atoms with Crippen molar-refractivity contribution < 1.29 is 0 Å². The van der Waals surface area contributed by atoms with Crippen LogP contribution in [0.25, 0.3) is 0 Å². The van der Waals surface area contributed by atoms with E-state index in [0.29, 0.717) is 0 Å². The Labute approximate surface area is 103 Å². The van der Waals surface area contributed by atoms with Gasteiger partial charge in [0.15, 0.2) is 0 Å². The molecule has 16 heavy (non-hydrogen) atoms. The number of aromatic nitrogens is 3. The maximum Gasteiger partial charge on any atom is 0.0953 e. The Bertz CT molecular complexity index is 449. The molecule has 0 fully saturated rings. The molecule has 2 heterocycles. The summed E-state index contributed by atoms with van der Waals surface area (Å²) < 4.78 is 3.03. The van der Waals surface area contributed by atoms with E-state index in [2.05, 4.69) is 31.2 Å². The molecule has 0 aliphatic heterocycles. The second kappa shape index (κ2) is 5.23. The predicted octanol–water partition coefficient (Wildman–Crippen LogP) is 1.81. The Morgan fingerprint density at radius 1 is 1.31 bits per heavy atom. The quantitative estimate of drug-likeness (QED) is 0.929. The van der Waals surface area contributed by atoms with E-state index in [1.807, 2.05) is 36.3 Å². The van der Waals surface area contributed by atoms with Crippen molar-refractivity contribution in [2.24, 2.45) is 0 Å². The molecule has 4 nitrogen and oxygen atoms in total.